The minimum atomic E-state index is -0.412. The van der Waals surface area contributed by atoms with E-state index in [1.165, 1.54) is 0 Å². The molecule has 0 spiro atoms. The Morgan fingerprint density at radius 1 is 1.57 bits per heavy atom. The minimum absolute atomic E-state index is 0.268. The number of hydrogen-bond acceptors (Lipinski definition) is 3. The van der Waals surface area contributed by atoms with Crippen LogP contribution in [-0.2, 0) is 4.74 Å². The summed E-state index contributed by atoms with van der Waals surface area (Å²) in [7, 11) is 1.67. The smallest absolute Gasteiger partial charge is 0.0911 e. The van der Waals surface area contributed by atoms with Crippen LogP contribution in [0.5, 0.6) is 0 Å². The van der Waals surface area contributed by atoms with Gasteiger partial charge in [0.05, 0.1) is 11.7 Å². The van der Waals surface area contributed by atoms with E-state index in [1.54, 1.807) is 18.4 Å². The quantitative estimate of drug-likeness (QED) is 0.835. The SMILES string of the molecule is COC(C)(C)CC(O)c1sccc1C. The van der Waals surface area contributed by atoms with Crippen molar-refractivity contribution in [3.8, 4) is 0 Å². The van der Waals surface area contributed by atoms with Gasteiger partial charge in [-0.15, -0.1) is 11.3 Å². The lowest BCUT2D eigenvalue weighted by Gasteiger charge is -2.25. The van der Waals surface area contributed by atoms with Crippen LogP contribution in [0.25, 0.3) is 0 Å². The molecule has 0 saturated carbocycles. The molecule has 1 aromatic heterocycles. The third-order valence-corrected chi connectivity index (χ3v) is 3.56. The van der Waals surface area contributed by atoms with Crippen LogP contribution in [0.3, 0.4) is 0 Å². The van der Waals surface area contributed by atoms with Crippen molar-refractivity contribution < 1.29 is 9.84 Å². The number of ether oxygens (including phenoxy) is 1. The van der Waals surface area contributed by atoms with Gasteiger partial charge in [0.1, 0.15) is 0 Å². The second-order valence-electron chi connectivity index (χ2n) is 4.15. The molecule has 1 aromatic rings. The van der Waals surface area contributed by atoms with E-state index in [0.29, 0.717) is 6.42 Å². The van der Waals surface area contributed by atoms with Gasteiger partial charge in [0.25, 0.3) is 0 Å². The standard InChI is InChI=1S/C11H18O2S/c1-8-5-6-14-10(8)9(12)7-11(2,3)13-4/h5-6,9,12H,7H2,1-4H3. The summed E-state index contributed by atoms with van der Waals surface area (Å²) < 4.78 is 5.29. The van der Waals surface area contributed by atoms with E-state index in [1.807, 2.05) is 32.2 Å². The number of aliphatic hydroxyl groups excluding tert-OH is 1. The summed E-state index contributed by atoms with van der Waals surface area (Å²) in [6, 6.07) is 2.03. The average Bonchev–Trinajstić information content (AvgIpc) is 2.51. The average molecular weight is 214 g/mol. The molecular formula is C11H18O2S. The van der Waals surface area contributed by atoms with Crippen molar-refractivity contribution in [2.24, 2.45) is 0 Å². The van der Waals surface area contributed by atoms with E-state index in [9.17, 15) is 5.11 Å². The number of methoxy groups -OCH3 is 1. The lowest BCUT2D eigenvalue weighted by molar-refractivity contribution is -0.0194. The lowest BCUT2D eigenvalue weighted by atomic mass is 9.98. The fourth-order valence-corrected chi connectivity index (χ4v) is 2.28. The molecule has 0 radical (unpaired) electrons. The predicted octanol–water partition coefficient (Wildman–Crippen LogP) is 2.91. The summed E-state index contributed by atoms with van der Waals surface area (Å²) in [6.45, 7) is 5.99. The summed E-state index contributed by atoms with van der Waals surface area (Å²) >= 11 is 1.60. The van der Waals surface area contributed by atoms with Gasteiger partial charge in [-0.2, -0.15) is 0 Å². The van der Waals surface area contributed by atoms with E-state index in [4.69, 9.17) is 4.74 Å². The fraction of sp³-hybridized carbons (Fsp3) is 0.636. The first-order chi connectivity index (χ1) is 6.46. The molecule has 0 bridgehead atoms. The van der Waals surface area contributed by atoms with Gasteiger partial charge in [0, 0.05) is 18.4 Å². The molecule has 1 rings (SSSR count). The molecule has 0 saturated heterocycles. The van der Waals surface area contributed by atoms with E-state index in [-0.39, 0.29) is 5.60 Å². The van der Waals surface area contributed by atoms with Crippen molar-refractivity contribution in [2.75, 3.05) is 7.11 Å². The van der Waals surface area contributed by atoms with Gasteiger partial charge >= 0.3 is 0 Å². The molecule has 2 nitrogen and oxygen atoms in total. The van der Waals surface area contributed by atoms with E-state index >= 15 is 0 Å². The summed E-state index contributed by atoms with van der Waals surface area (Å²) in [5.41, 5.74) is 0.893. The normalized spacial score (nSPS) is 14.4. The molecule has 14 heavy (non-hydrogen) atoms. The van der Waals surface area contributed by atoms with Crippen molar-refractivity contribution >= 4 is 11.3 Å². The number of aryl methyl sites for hydroxylation is 1. The van der Waals surface area contributed by atoms with Crippen LogP contribution >= 0.6 is 11.3 Å². The molecule has 0 aromatic carbocycles. The molecule has 3 heteroatoms. The van der Waals surface area contributed by atoms with Crippen LogP contribution in [0, 0.1) is 6.92 Å². The molecule has 1 heterocycles. The molecule has 1 atom stereocenters. The Kier molecular flexibility index (Phi) is 3.70. The van der Waals surface area contributed by atoms with Crippen molar-refractivity contribution in [3.05, 3.63) is 21.9 Å². The third-order valence-electron chi connectivity index (χ3n) is 2.44. The number of aliphatic hydroxyl groups is 1. The Bertz CT molecular complexity index is 291. The van der Waals surface area contributed by atoms with Crippen LogP contribution in [0.4, 0.5) is 0 Å². The van der Waals surface area contributed by atoms with Gasteiger partial charge < -0.3 is 9.84 Å². The first-order valence-corrected chi connectivity index (χ1v) is 5.61. The van der Waals surface area contributed by atoms with Crippen molar-refractivity contribution in [1.82, 2.24) is 0 Å². The largest absolute Gasteiger partial charge is 0.387 e. The zero-order chi connectivity index (χ0) is 10.8. The van der Waals surface area contributed by atoms with Gasteiger partial charge in [0.2, 0.25) is 0 Å². The Labute approximate surface area is 89.5 Å². The Morgan fingerprint density at radius 2 is 2.21 bits per heavy atom. The molecule has 0 aliphatic heterocycles. The molecule has 1 N–H and O–H groups in total. The molecule has 0 aliphatic rings. The van der Waals surface area contributed by atoms with Crippen molar-refractivity contribution in [2.45, 2.75) is 38.9 Å². The first kappa shape index (κ1) is 11.7. The first-order valence-electron chi connectivity index (χ1n) is 4.73. The topological polar surface area (TPSA) is 29.5 Å². The van der Waals surface area contributed by atoms with Crippen molar-refractivity contribution in [1.29, 1.82) is 0 Å². The highest BCUT2D eigenvalue weighted by molar-refractivity contribution is 7.10. The molecule has 80 valence electrons. The second kappa shape index (κ2) is 4.43. The number of rotatable bonds is 4. The molecular weight excluding hydrogens is 196 g/mol. The van der Waals surface area contributed by atoms with Gasteiger partial charge in [0.15, 0.2) is 0 Å². The van der Waals surface area contributed by atoms with E-state index < -0.39 is 6.10 Å². The minimum Gasteiger partial charge on any atom is -0.387 e. The number of thiophene rings is 1. The van der Waals surface area contributed by atoms with Crippen LogP contribution in [0.1, 0.15) is 36.8 Å². The Balaban J connectivity index is 2.68. The highest BCUT2D eigenvalue weighted by Crippen LogP contribution is 2.30. The highest BCUT2D eigenvalue weighted by Gasteiger charge is 2.23. The maximum atomic E-state index is 9.99. The monoisotopic (exact) mass is 214 g/mol. The van der Waals surface area contributed by atoms with Crippen LogP contribution in [-0.4, -0.2) is 17.8 Å². The summed E-state index contributed by atoms with van der Waals surface area (Å²) in [5, 5.41) is 12.0. The predicted molar refractivity (Wildman–Crippen MR) is 59.7 cm³/mol. The zero-order valence-corrected chi connectivity index (χ0v) is 10.0. The van der Waals surface area contributed by atoms with Gasteiger partial charge in [-0.3, -0.25) is 0 Å². The maximum absolute atomic E-state index is 9.99. The summed E-state index contributed by atoms with van der Waals surface area (Å²) in [5.74, 6) is 0. The third kappa shape index (κ3) is 2.80. The number of hydrogen-bond donors (Lipinski definition) is 1. The Hall–Kier alpha value is -0.380. The summed E-state index contributed by atoms with van der Waals surface area (Å²) in [6.07, 6.45) is 0.218. The van der Waals surface area contributed by atoms with Crippen LogP contribution < -0.4 is 0 Å². The fourth-order valence-electron chi connectivity index (χ4n) is 1.37. The molecule has 1 unspecified atom stereocenters. The van der Waals surface area contributed by atoms with Crippen LogP contribution in [0.15, 0.2) is 11.4 Å². The van der Waals surface area contributed by atoms with Crippen LogP contribution in [0.2, 0.25) is 0 Å². The van der Waals surface area contributed by atoms with Crippen molar-refractivity contribution in [3.63, 3.8) is 0 Å². The molecule has 0 amide bonds. The Morgan fingerprint density at radius 3 is 2.64 bits per heavy atom. The second-order valence-corrected chi connectivity index (χ2v) is 5.10. The van der Waals surface area contributed by atoms with Gasteiger partial charge in [-0.25, -0.2) is 0 Å². The maximum Gasteiger partial charge on any atom is 0.0911 e. The van der Waals surface area contributed by atoms with Gasteiger partial charge in [-0.05, 0) is 37.8 Å². The lowest BCUT2D eigenvalue weighted by Crippen LogP contribution is -2.25. The molecule has 0 aliphatic carbocycles. The zero-order valence-electron chi connectivity index (χ0n) is 9.20. The van der Waals surface area contributed by atoms with Gasteiger partial charge in [-0.1, -0.05) is 0 Å². The summed E-state index contributed by atoms with van der Waals surface area (Å²) in [4.78, 5) is 1.05. The molecule has 0 fully saturated rings. The highest BCUT2D eigenvalue weighted by atomic mass is 32.1. The van der Waals surface area contributed by atoms with E-state index in [2.05, 4.69) is 0 Å². The van der Waals surface area contributed by atoms with E-state index in [0.717, 1.165) is 10.4 Å².